The average Bonchev–Trinajstić information content (AvgIpc) is 3.60. The Kier molecular flexibility index (Phi) is 7.17. The minimum Gasteiger partial charge on any atom is -0.454 e. The zero-order chi connectivity index (χ0) is 25.9. The smallest absolute Gasteiger partial charge is 0.233 e. The normalized spacial score (nSPS) is 15.1. The number of pyridine rings is 1. The fourth-order valence-electron chi connectivity index (χ4n) is 4.57. The average molecular weight is 549 g/mol. The van der Waals surface area contributed by atoms with Crippen molar-refractivity contribution < 1.29 is 14.3 Å². The number of halogens is 1. The molecule has 11 heteroatoms. The van der Waals surface area contributed by atoms with Crippen LogP contribution in [-0.4, -0.2) is 74.2 Å². The van der Waals surface area contributed by atoms with E-state index in [-0.39, 0.29) is 18.5 Å². The Labute approximate surface area is 229 Å². The molecule has 4 aromatic rings. The van der Waals surface area contributed by atoms with Crippen LogP contribution >= 0.6 is 23.4 Å². The van der Waals surface area contributed by atoms with E-state index in [2.05, 4.69) is 26.1 Å². The van der Waals surface area contributed by atoms with E-state index in [1.54, 1.807) is 12.4 Å². The number of fused-ring (bicyclic) bond motifs is 1. The van der Waals surface area contributed by atoms with Gasteiger partial charge in [-0.05, 0) is 42.0 Å². The molecule has 4 heterocycles. The molecule has 9 nitrogen and oxygen atoms in total. The number of benzene rings is 2. The molecule has 0 N–H and O–H groups in total. The predicted molar refractivity (Wildman–Crippen MR) is 145 cm³/mol. The van der Waals surface area contributed by atoms with E-state index in [4.69, 9.17) is 21.1 Å². The number of carbonyl (C=O) groups excluding carboxylic acids is 1. The summed E-state index contributed by atoms with van der Waals surface area (Å²) in [7, 11) is 0. The van der Waals surface area contributed by atoms with E-state index in [0.29, 0.717) is 29.1 Å². The van der Waals surface area contributed by atoms with Crippen molar-refractivity contribution in [3.05, 3.63) is 77.6 Å². The minimum atomic E-state index is 0.0805. The molecule has 6 rings (SSSR count). The summed E-state index contributed by atoms with van der Waals surface area (Å²) in [4.78, 5) is 21.5. The van der Waals surface area contributed by atoms with Gasteiger partial charge in [-0.15, -0.1) is 10.2 Å². The quantitative estimate of drug-likeness (QED) is 0.318. The highest BCUT2D eigenvalue weighted by Crippen LogP contribution is 2.33. The summed E-state index contributed by atoms with van der Waals surface area (Å²) in [5.74, 6) is 2.58. The van der Waals surface area contributed by atoms with Crippen molar-refractivity contribution in [3.8, 4) is 28.6 Å². The van der Waals surface area contributed by atoms with E-state index >= 15 is 0 Å². The Morgan fingerprint density at radius 1 is 0.947 bits per heavy atom. The lowest BCUT2D eigenvalue weighted by Crippen LogP contribution is -2.48. The number of para-hydroxylation sites is 1. The SMILES string of the molecule is O=C(CSc1nnc(-c2ccncc2)n1-c1ccccc1Cl)N1CCN(Cc2ccc3c(c2)OCO3)CC1. The van der Waals surface area contributed by atoms with Crippen LogP contribution in [0.15, 0.2) is 72.1 Å². The molecule has 2 aliphatic heterocycles. The molecule has 0 aliphatic carbocycles. The van der Waals surface area contributed by atoms with Crippen molar-refractivity contribution in [1.82, 2.24) is 29.5 Å². The molecule has 0 bridgehead atoms. The minimum absolute atomic E-state index is 0.0805. The second kappa shape index (κ2) is 11.0. The molecule has 0 radical (unpaired) electrons. The van der Waals surface area contributed by atoms with E-state index < -0.39 is 0 Å². The van der Waals surface area contributed by atoms with Gasteiger partial charge in [0.2, 0.25) is 12.7 Å². The molecule has 0 saturated carbocycles. The lowest BCUT2D eigenvalue weighted by Gasteiger charge is -2.34. The molecule has 194 valence electrons. The van der Waals surface area contributed by atoms with Crippen molar-refractivity contribution >= 4 is 29.3 Å². The molecule has 0 unspecified atom stereocenters. The van der Waals surface area contributed by atoms with Crippen LogP contribution in [0.5, 0.6) is 11.5 Å². The van der Waals surface area contributed by atoms with Gasteiger partial charge in [0.1, 0.15) is 0 Å². The number of ether oxygens (including phenoxy) is 2. The number of hydrogen-bond donors (Lipinski definition) is 0. The van der Waals surface area contributed by atoms with Crippen LogP contribution in [-0.2, 0) is 11.3 Å². The second-order valence-corrected chi connectivity index (χ2v) is 10.3. The Morgan fingerprint density at radius 2 is 1.74 bits per heavy atom. The van der Waals surface area contributed by atoms with Gasteiger partial charge in [0.15, 0.2) is 22.5 Å². The summed E-state index contributed by atoms with van der Waals surface area (Å²) < 4.78 is 12.8. The van der Waals surface area contributed by atoms with Gasteiger partial charge >= 0.3 is 0 Å². The van der Waals surface area contributed by atoms with Crippen LogP contribution in [0.1, 0.15) is 5.56 Å². The number of amides is 1. The van der Waals surface area contributed by atoms with Crippen molar-refractivity contribution in [3.63, 3.8) is 0 Å². The molecule has 1 fully saturated rings. The van der Waals surface area contributed by atoms with Gasteiger partial charge in [-0.3, -0.25) is 19.2 Å². The van der Waals surface area contributed by atoms with Gasteiger partial charge in [-0.2, -0.15) is 0 Å². The second-order valence-electron chi connectivity index (χ2n) is 8.96. The van der Waals surface area contributed by atoms with Crippen molar-refractivity contribution in [2.45, 2.75) is 11.7 Å². The summed E-state index contributed by atoms with van der Waals surface area (Å²) in [6, 6.07) is 17.3. The van der Waals surface area contributed by atoms with Gasteiger partial charge < -0.3 is 14.4 Å². The molecule has 0 spiro atoms. The van der Waals surface area contributed by atoms with Gasteiger partial charge in [0, 0.05) is 50.7 Å². The Balaban J connectivity index is 1.10. The Bertz CT molecular complexity index is 1440. The number of nitrogens with zero attached hydrogens (tertiary/aromatic N) is 6. The molecule has 2 aromatic carbocycles. The largest absolute Gasteiger partial charge is 0.454 e. The number of thioether (sulfide) groups is 1. The maximum atomic E-state index is 13.1. The topological polar surface area (TPSA) is 85.6 Å². The molecular weight excluding hydrogens is 524 g/mol. The molecule has 0 atom stereocenters. The monoisotopic (exact) mass is 548 g/mol. The highest BCUT2D eigenvalue weighted by Gasteiger charge is 2.24. The summed E-state index contributed by atoms with van der Waals surface area (Å²) in [6.07, 6.45) is 3.42. The molecule has 1 amide bonds. The lowest BCUT2D eigenvalue weighted by atomic mass is 10.1. The maximum absolute atomic E-state index is 13.1. The van der Waals surface area contributed by atoms with Crippen LogP contribution in [0.3, 0.4) is 0 Å². The first-order valence-electron chi connectivity index (χ1n) is 12.3. The highest BCUT2D eigenvalue weighted by atomic mass is 35.5. The molecule has 1 saturated heterocycles. The Morgan fingerprint density at radius 3 is 2.55 bits per heavy atom. The highest BCUT2D eigenvalue weighted by molar-refractivity contribution is 7.99. The molecule has 2 aromatic heterocycles. The molecule has 2 aliphatic rings. The van der Waals surface area contributed by atoms with E-state index in [1.807, 2.05) is 58.0 Å². The zero-order valence-corrected chi connectivity index (χ0v) is 22.1. The van der Waals surface area contributed by atoms with Gasteiger partial charge in [0.25, 0.3) is 0 Å². The fourth-order valence-corrected chi connectivity index (χ4v) is 5.64. The van der Waals surface area contributed by atoms with Crippen LogP contribution in [0.4, 0.5) is 0 Å². The van der Waals surface area contributed by atoms with Crippen LogP contribution in [0.25, 0.3) is 17.1 Å². The van der Waals surface area contributed by atoms with Gasteiger partial charge in [-0.25, -0.2) is 0 Å². The summed E-state index contributed by atoms with van der Waals surface area (Å²) in [6.45, 7) is 4.08. The van der Waals surface area contributed by atoms with Crippen LogP contribution in [0.2, 0.25) is 5.02 Å². The van der Waals surface area contributed by atoms with Gasteiger partial charge in [0.05, 0.1) is 16.5 Å². The lowest BCUT2D eigenvalue weighted by molar-refractivity contribution is -0.130. The predicted octanol–water partition coefficient (Wildman–Crippen LogP) is 4.15. The van der Waals surface area contributed by atoms with Crippen molar-refractivity contribution in [1.29, 1.82) is 0 Å². The summed E-state index contributed by atoms with van der Waals surface area (Å²) in [5, 5.41) is 10.0. The van der Waals surface area contributed by atoms with Crippen LogP contribution < -0.4 is 9.47 Å². The van der Waals surface area contributed by atoms with Crippen molar-refractivity contribution in [2.75, 3.05) is 38.7 Å². The van der Waals surface area contributed by atoms with E-state index in [0.717, 1.165) is 42.4 Å². The third-order valence-corrected chi connectivity index (χ3v) is 7.79. The number of aromatic nitrogens is 4. The first-order valence-corrected chi connectivity index (χ1v) is 13.6. The summed E-state index contributed by atoms with van der Waals surface area (Å²) >= 11 is 7.91. The number of hydrogen-bond acceptors (Lipinski definition) is 8. The third kappa shape index (κ3) is 5.20. The zero-order valence-electron chi connectivity index (χ0n) is 20.5. The van der Waals surface area contributed by atoms with E-state index in [1.165, 1.54) is 17.3 Å². The fraction of sp³-hybridized carbons (Fsp3) is 0.259. The summed E-state index contributed by atoms with van der Waals surface area (Å²) in [5.41, 5.74) is 2.80. The number of piperazine rings is 1. The Hall–Kier alpha value is -3.60. The van der Waals surface area contributed by atoms with Gasteiger partial charge in [-0.1, -0.05) is 41.6 Å². The standard InChI is InChI=1S/C27H25ClN6O3S/c28-21-3-1-2-4-22(21)34-26(20-7-9-29-10-8-20)30-31-27(34)38-17-25(35)33-13-11-32(12-14-33)16-19-5-6-23-24(15-19)37-18-36-23/h1-10,15H,11-14,16-18H2. The van der Waals surface area contributed by atoms with E-state index in [9.17, 15) is 4.79 Å². The molecular formula is C27H25ClN6O3S. The third-order valence-electron chi connectivity index (χ3n) is 6.56. The van der Waals surface area contributed by atoms with Crippen molar-refractivity contribution in [2.24, 2.45) is 0 Å². The number of rotatable bonds is 7. The molecule has 38 heavy (non-hydrogen) atoms. The number of carbonyl (C=O) groups is 1. The maximum Gasteiger partial charge on any atom is 0.233 e. The van der Waals surface area contributed by atoms with Crippen LogP contribution in [0, 0.1) is 0 Å². The first kappa shape index (κ1) is 24.7. The first-order chi connectivity index (χ1) is 18.7.